The van der Waals surface area contributed by atoms with E-state index in [1.807, 2.05) is 28.9 Å². The van der Waals surface area contributed by atoms with Crippen LogP contribution >= 0.6 is 0 Å². The summed E-state index contributed by atoms with van der Waals surface area (Å²) in [4.78, 5) is 0. The number of benzene rings is 2. The molecule has 0 fully saturated rings. The van der Waals surface area contributed by atoms with E-state index >= 15 is 0 Å². The van der Waals surface area contributed by atoms with E-state index < -0.39 is 6.23 Å². The van der Waals surface area contributed by atoms with Gasteiger partial charge in [-0.15, -0.1) is 0 Å². The maximum atomic E-state index is 11.2. The number of rotatable bonds is 5. The van der Waals surface area contributed by atoms with Crippen LogP contribution in [0.1, 0.15) is 68.5 Å². The molecule has 0 spiro atoms. The van der Waals surface area contributed by atoms with Crippen molar-refractivity contribution in [3.05, 3.63) is 77.5 Å². The molecule has 3 atom stereocenters. The second kappa shape index (κ2) is 7.92. The van der Waals surface area contributed by atoms with Crippen molar-refractivity contribution >= 4 is 0 Å². The maximum absolute atomic E-state index is 11.2. The predicted octanol–water partition coefficient (Wildman–Crippen LogP) is 5.92. The molecule has 1 aromatic heterocycles. The summed E-state index contributed by atoms with van der Waals surface area (Å²) in [6.07, 6.45) is 2.23. The molecule has 28 heavy (non-hydrogen) atoms. The highest BCUT2D eigenvalue weighted by molar-refractivity contribution is 5.66. The lowest BCUT2D eigenvalue weighted by Gasteiger charge is -2.29. The van der Waals surface area contributed by atoms with Gasteiger partial charge in [0.15, 0.2) is 6.23 Å². The van der Waals surface area contributed by atoms with Gasteiger partial charge >= 0.3 is 0 Å². The minimum atomic E-state index is -0.678. The Labute approximate surface area is 168 Å². The van der Waals surface area contributed by atoms with Crippen molar-refractivity contribution in [3.63, 3.8) is 0 Å². The molecule has 0 saturated heterocycles. The molecule has 0 amide bonds. The van der Waals surface area contributed by atoms with Gasteiger partial charge in [0.05, 0.1) is 11.4 Å². The summed E-state index contributed by atoms with van der Waals surface area (Å²) in [5.41, 5.74) is 5.88. The Morgan fingerprint density at radius 3 is 2.29 bits per heavy atom. The van der Waals surface area contributed by atoms with Crippen molar-refractivity contribution in [3.8, 4) is 11.3 Å². The Bertz CT molecular complexity index is 914. The topological polar surface area (TPSA) is 38.0 Å². The summed E-state index contributed by atoms with van der Waals surface area (Å²) in [6.45, 7) is 6.87. The van der Waals surface area contributed by atoms with E-state index in [4.69, 9.17) is 5.10 Å². The van der Waals surface area contributed by atoms with Gasteiger partial charge in [0.25, 0.3) is 0 Å². The van der Waals surface area contributed by atoms with Gasteiger partial charge in [-0.1, -0.05) is 81.4 Å². The van der Waals surface area contributed by atoms with E-state index in [9.17, 15) is 5.11 Å². The Hall–Kier alpha value is -2.39. The minimum Gasteiger partial charge on any atom is -0.371 e. The van der Waals surface area contributed by atoms with E-state index in [1.54, 1.807) is 0 Å². The molecule has 1 aliphatic carbocycles. The molecule has 0 unspecified atom stereocenters. The number of hydrogen-bond donors (Lipinski definition) is 1. The quantitative estimate of drug-likeness (QED) is 0.602. The number of fused-ring (bicyclic) bond motifs is 1. The molecular weight excluding hydrogens is 344 g/mol. The largest absolute Gasteiger partial charge is 0.371 e. The van der Waals surface area contributed by atoms with Gasteiger partial charge in [0.2, 0.25) is 0 Å². The molecule has 0 saturated carbocycles. The fourth-order valence-electron chi connectivity index (χ4n) is 4.59. The maximum Gasteiger partial charge on any atom is 0.151 e. The second-order valence-electron chi connectivity index (χ2n) is 8.46. The Morgan fingerprint density at radius 2 is 1.64 bits per heavy atom. The summed E-state index contributed by atoms with van der Waals surface area (Å²) >= 11 is 0. The Morgan fingerprint density at radius 1 is 1.00 bits per heavy atom. The van der Waals surface area contributed by atoms with Crippen LogP contribution in [0.4, 0.5) is 0 Å². The average molecular weight is 375 g/mol. The Balaban J connectivity index is 1.84. The first-order chi connectivity index (χ1) is 13.6. The van der Waals surface area contributed by atoms with Crippen LogP contribution in [0.5, 0.6) is 0 Å². The van der Waals surface area contributed by atoms with E-state index in [0.29, 0.717) is 24.2 Å². The molecule has 1 N–H and O–H groups in total. The predicted molar refractivity (Wildman–Crippen MR) is 114 cm³/mol. The summed E-state index contributed by atoms with van der Waals surface area (Å²) in [5.74, 6) is 1.46. The van der Waals surface area contributed by atoms with Gasteiger partial charge < -0.3 is 5.11 Å². The molecule has 146 valence electrons. The van der Waals surface area contributed by atoms with Crippen LogP contribution in [-0.2, 0) is 6.42 Å². The van der Waals surface area contributed by atoms with Crippen molar-refractivity contribution in [2.75, 3.05) is 0 Å². The fraction of sp³-hybridized carbons (Fsp3) is 0.400. The summed E-state index contributed by atoms with van der Waals surface area (Å²) < 4.78 is 1.89. The first-order valence-electron chi connectivity index (χ1n) is 10.5. The van der Waals surface area contributed by atoms with Gasteiger partial charge in [0, 0.05) is 23.5 Å². The molecule has 2 aromatic carbocycles. The van der Waals surface area contributed by atoms with Crippen LogP contribution in [0.15, 0.2) is 60.7 Å². The number of hydrogen-bond acceptors (Lipinski definition) is 2. The van der Waals surface area contributed by atoms with Gasteiger partial charge in [-0.2, -0.15) is 5.10 Å². The minimum absolute atomic E-state index is 0.456. The number of aliphatic hydroxyl groups excluding tert-OH is 1. The van der Waals surface area contributed by atoms with Crippen LogP contribution in [0.3, 0.4) is 0 Å². The van der Waals surface area contributed by atoms with Crippen molar-refractivity contribution in [2.45, 2.75) is 58.1 Å². The molecule has 1 heterocycles. The molecule has 0 bridgehead atoms. The van der Waals surface area contributed by atoms with Crippen molar-refractivity contribution < 1.29 is 5.11 Å². The van der Waals surface area contributed by atoms with E-state index in [-0.39, 0.29) is 0 Å². The Kier molecular flexibility index (Phi) is 5.36. The average Bonchev–Trinajstić information content (AvgIpc) is 3.11. The summed E-state index contributed by atoms with van der Waals surface area (Å²) in [6, 6.07) is 20.6. The molecule has 0 radical (unpaired) electrons. The van der Waals surface area contributed by atoms with Crippen LogP contribution < -0.4 is 0 Å². The smallest absolute Gasteiger partial charge is 0.151 e. The number of aromatic nitrogens is 2. The fourth-order valence-corrected chi connectivity index (χ4v) is 4.59. The zero-order valence-electron chi connectivity index (χ0n) is 17.0. The lowest BCUT2D eigenvalue weighted by Crippen LogP contribution is -2.17. The van der Waals surface area contributed by atoms with Crippen molar-refractivity contribution in [1.82, 2.24) is 9.78 Å². The molecule has 3 nitrogen and oxygen atoms in total. The van der Waals surface area contributed by atoms with Crippen molar-refractivity contribution in [2.24, 2.45) is 5.92 Å². The molecule has 3 heteroatoms. The van der Waals surface area contributed by atoms with Crippen LogP contribution in [0.25, 0.3) is 11.3 Å². The number of nitrogens with zero attached hydrogens (tertiary/aromatic N) is 2. The lowest BCUT2D eigenvalue weighted by molar-refractivity contribution is 0.0920. The first-order valence-corrected chi connectivity index (χ1v) is 10.5. The first kappa shape index (κ1) is 18.9. The van der Waals surface area contributed by atoms with E-state index in [2.05, 4.69) is 57.2 Å². The van der Waals surface area contributed by atoms with Crippen LogP contribution in [0.2, 0.25) is 0 Å². The van der Waals surface area contributed by atoms with Crippen LogP contribution in [-0.4, -0.2) is 14.9 Å². The van der Waals surface area contributed by atoms with Gasteiger partial charge in [-0.3, -0.25) is 0 Å². The van der Waals surface area contributed by atoms with Crippen LogP contribution in [0, 0.1) is 5.92 Å². The molecular formula is C25H30N2O. The lowest BCUT2D eigenvalue weighted by atomic mass is 9.75. The summed E-state index contributed by atoms with van der Waals surface area (Å²) in [7, 11) is 0. The number of aliphatic hydroxyl groups is 1. The third-order valence-electron chi connectivity index (χ3n) is 6.13. The highest BCUT2D eigenvalue weighted by Gasteiger charge is 2.35. The standard InChI is InChI=1S/C25H30N2O/c1-17(2)21-15-14-18(3)23-24(21)26-27(25(23)20-12-8-5-9-13-20)22(28)16-19-10-6-4-7-11-19/h4-13,17-18,21-22,28H,14-16H2,1-3H3/t18-,21+,22-/m1/s1. The molecule has 4 rings (SSSR count). The third-order valence-corrected chi connectivity index (χ3v) is 6.13. The zero-order valence-corrected chi connectivity index (χ0v) is 17.0. The second-order valence-corrected chi connectivity index (χ2v) is 8.46. The van der Waals surface area contributed by atoms with E-state index in [0.717, 1.165) is 16.8 Å². The monoisotopic (exact) mass is 374 g/mol. The van der Waals surface area contributed by atoms with E-state index in [1.165, 1.54) is 24.1 Å². The SMILES string of the molecule is CC(C)[C@@H]1CC[C@@H](C)c2c1nn([C@H](O)Cc1ccccc1)c2-c1ccccc1. The van der Waals surface area contributed by atoms with Gasteiger partial charge in [0.1, 0.15) is 0 Å². The highest BCUT2D eigenvalue weighted by atomic mass is 16.3. The van der Waals surface area contributed by atoms with Gasteiger partial charge in [-0.25, -0.2) is 4.68 Å². The highest BCUT2D eigenvalue weighted by Crippen LogP contribution is 2.46. The molecule has 0 aliphatic heterocycles. The summed E-state index contributed by atoms with van der Waals surface area (Å²) in [5, 5.41) is 16.2. The van der Waals surface area contributed by atoms with Gasteiger partial charge in [-0.05, 0) is 30.2 Å². The third kappa shape index (κ3) is 3.51. The molecule has 3 aromatic rings. The zero-order chi connectivity index (χ0) is 19.7. The van der Waals surface area contributed by atoms with Crippen molar-refractivity contribution in [1.29, 1.82) is 0 Å². The normalized spacial score (nSPS) is 20.2. The molecule has 1 aliphatic rings.